The summed E-state index contributed by atoms with van der Waals surface area (Å²) < 4.78 is 32.6. The van der Waals surface area contributed by atoms with Crippen molar-refractivity contribution in [2.75, 3.05) is 30.6 Å². The smallest absolute Gasteiger partial charge is 0.342 e. The van der Waals surface area contributed by atoms with Gasteiger partial charge in [-0.15, -0.1) is 0 Å². The predicted octanol–water partition coefficient (Wildman–Crippen LogP) is 3.94. The van der Waals surface area contributed by atoms with Crippen molar-refractivity contribution in [3.8, 4) is 5.75 Å². The average Bonchev–Trinajstić information content (AvgIpc) is 3.63. The number of nitrogen functional groups attached to an aromatic ring is 1. The second-order valence-corrected chi connectivity index (χ2v) is 11.2. The summed E-state index contributed by atoms with van der Waals surface area (Å²) in [6.07, 6.45) is 5.64. The molecule has 0 bridgehead atoms. The number of hydrogen-bond acceptors (Lipinski definition) is 10. The Kier molecular flexibility index (Phi) is 9.54. The number of ether oxygens (including phenoxy) is 2. The molecule has 0 radical (unpaired) electrons. The molecule has 0 aliphatic heterocycles. The Labute approximate surface area is 222 Å². The monoisotopic (exact) mass is 545 g/mol. The first-order valence-electron chi connectivity index (χ1n) is 13.0. The molecule has 1 fully saturated rings. The SMILES string of the molecule is CCCCOC(=O)C(CC)NP(=O)(COCCn1cnc2c(NC3CC3)nc(N)nc21)Oc1ccccc1. The number of unbranched alkanes of at least 4 members (excludes halogenated alkanes) is 1. The van der Waals surface area contributed by atoms with Gasteiger partial charge in [-0.1, -0.05) is 38.5 Å². The molecule has 2 unspecified atom stereocenters. The highest BCUT2D eigenvalue weighted by atomic mass is 31.2. The summed E-state index contributed by atoms with van der Waals surface area (Å²) in [6, 6.07) is 8.39. The van der Waals surface area contributed by atoms with Crippen LogP contribution in [0.3, 0.4) is 0 Å². The second-order valence-electron chi connectivity index (χ2n) is 9.19. The van der Waals surface area contributed by atoms with Crippen LogP contribution in [0.1, 0.15) is 46.0 Å². The summed E-state index contributed by atoms with van der Waals surface area (Å²) in [5.41, 5.74) is 7.15. The molecule has 13 heteroatoms. The van der Waals surface area contributed by atoms with Crippen LogP contribution in [-0.4, -0.2) is 57.1 Å². The third-order valence-corrected chi connectivity index (χ3v) is 7.65. The van der Waals surface area contributed by atoms with Gasteiger partial charge in [-0.25, -0.2) is 10.1 Å². The van der Waals surface area contributed by atoms with Gasteiger partial charge in [-0.3, -0.25) is 9.36 Å². The fourth-order valence-corrected chi connectivity index (χ4v) is 5.48. The number of anilines is 2. The maximum Gasteiger partial charge on any atom is 0.342 e. The molecule has 2 atom stereocenters. The number of nitrogens with two attached hydrogens (primary N) is 1. The number of carbonyl (C=O) groups is 1. The van der Waals surface area contributed by atoms with Crippen molar-refractivity contribution in [2.45, 2.75) is 64.6 Å². The molecule has 2 aromatic heterocycles. The van der Waals surface area contributed by atoms with E-state index in [0.717, 1.165) is 25.7 Å². The zero-order valence-electron chi connectivity index (χ0n) is 21.8. The van der Waals surface area contributed by atoms with E-state index in [2.05, 4.69) is 25.4 Å². The lowest BCUT2D eigenvalue weighted by Gasteiger charge is -2.24. The van der Waals surface area contributed by atoms with Crippen LogP contribution in [0.25, 0.3) is 11.2 Å². The first-order chi connectivity index (χ1) is 18.4. The lowest BCUT2D eigenvalue weighted by atomic mass is 10.2. The lowest BCUT2D eigenvalue weighted by molar-refractivity contribution is -0.145. The van der Waals surface area contributed by atoms with Gasteiger partial charge >= 0.3 is 13.5 Å². The van der Waals surface area contributed by atoms with Crippen LogP contribution in [0.4, 0.5) is 11.8 Å². The van der Waals surface area contributed by atoms with Gasteiger partial charge in [0.05, 0.1) is 19.5 Å². The molecular weight excluding hydrogens is 509 g/mol. The summed E-state index contributed by atoms with van der Waals surface area (Å²) in [4.78, 5) is 25.6. The molecule has 0 spiro atoms. The summed E-state index contributed by atoms with van der Waals surface area (Å²) in [6.45, 7) is 4.73. The summed E-state index contributed by atoms with van der Waals surface area (Å²) in [7, 11) is -3.64. The number of nitrogens with zero attached hydrogens (tertiary/aromatic N) is 4. The summed E-state index contributed by atoms with van der Waals surface area (Å²) >= 11 is 0. The normalized spacial score (nSPS) is 15.6. The standard InChI is InChI=1S/C25H36N7O5P/c1-3-5-14-36-24(33)20(4-2)31-38(34,37-19-9-7-6-8-10-19)17-35-15-13-32-16-27-21-22(28-18-11-12-18)29-25(26)30-23(21)32/h6-10,16,18,20H,3-5,11-15,17H2,1-2H3,(H,31,34)(H3,26,28,29,30). The number of fused-ring (bicyclic) bond motifs is 1. The minimum atomic E-state index is -3.64. The summed E-state index contributed by atoms with van der Waals surface area (Å²) in [5, 5.41) is 6.22. The van der Waals surface area contributed by atoms with Gasteiger partial charge in [0.1, 0.15) is 18.1 Å². The zero-order chi connectivity index (χ0) is 27.0. The van der Waals surface area contributed by atoms with Crippen molar-refractivity contribution in [2.24, 2.45) is 0 Å². The number of rotatable bonds is 16. The van der Waals surface area contributed by atoms with Crippen molar-refractivity contribution in [1.29, 1.82) is 0 Å². The van der Waals surface area contributed by atoms with E-state index in [0.29, 0.717) is 48.3 Å². The van der Waals surface area contributed by atoms with Crippen LogP contribution in [0.15, 0.2) is 36.7 Å². The van der Waals surface area contributed by atoms with Crippen molar-refractivity contribution in [3.05, 3.63) is 36.7 Å². The fourth-order valence-electron chi connectivity index (χ4n) is 3.70. The largest absolute Gasteiger partial charge is 0.465 e. The molecule has 12 nitrogen and oxygen atoms in total. The lowest BCUT2D eigenvalue weighted by Crippen LogP contribution is -2.37. The average molecular weight is 546 g/mol. The molecule has 0 amide bonds. The van der Waals surface area contributed by atoms with Gasteiger partial charge < -0.3 is 29.6 Å². The number of benzene rings is 1. The topological polar surface area (TPSA) is 156 Å². The molecule has 0 saturated heterocycles. The van der Waals surface area contributed by atoms with Gasteiger partial charge in [0.25, 0.3) is 0 Å². The van der Waals surface area contributed by atoms with Gasteiger partial charge in [-0.2, -0.15) is 9.97 Å². The third kappa shape index (κ3) is 7.66. The quantitative estimate of drug-likeness (QED) is 0.136. The first-order valence-corrected chi connectivity index (χ1v) is 14.8. The minimum Gasteiger partial charge on any atom is -0.465 e. The number of aromatic nitrogens is 4. The number of hydrogen-bond donors (Lipinski definition) is 3. The molecule has 4 N–H and O–H groups in total. The Hall–Kier alpha value is -3.21. The number of imidazole rings is 1. The number of esters is 1. The molecule has 206 valence electrons. The third-order valence-electron chi connectivity index (χ3n) is 5.92. The molecule has 1 aliphatic carbocycles. The number of para-hydroxylation sites is 1. The zero-order valence-corrected chi connectivity index (χ0v) is 22.7. The van der Waals surface area contributed by atoms with E-state index >= 15 is 0 Å². The van der Waals surface area contributed by atoms with Gasteiger partial charge in [0, 0.05) is 12.6 Å². The molecule has 38 heavy (non-hydrogen) atoms. The Morgan fingerprint density at radius 3 is 2.71 bits per heavy atom. The molecule has 1 aromatic carbocycles. The molecule has 3 aromatic rings. The van der Waals surface area contributed by atoms with Crippen LogP contribution < -0.4 is 20.7 Å². The van der Waals surface area contributed by atoms with Crippen LogP contribution in [-0.2, 0) is 25.4 Å². The van der Waals surface area contributed by atoms with Crippen LogP contribution >= 0.6 is 7.52 Å². The van der Waals surface area contributed by atoms with Gasteiger partial charge in [0.15, 0.2) is 17.0 Å². The number of carbonyl (C=O) groups excluding carboxylic acids is 1. The highest BCUT2D eigenvalue weighted by Gasteiger charge is 2.32. The number of nitrogens with one attached hydrogen (secondary N) is 2. The minimum absolute atomic E-state index is 0.157. The van der Waals surface area contributed by atoms with E-state index in [9.17, 15) is 9.36 Å². The Balaban J connectivity index is 1.40. The predicted molar refractivity (Wildman–Crippen MR) is 145 cm³/mol. The first kappa shape index (κ1) is 27.8. The van der Waals surface area contributed by atoms with Gasteiger partial charge in [0.2, 0.25) is 5.95 Å². The second kappa shape index (κ2) is 13.0. The van der Waals surface area contributed by atoms with E-state index < -0.39 is 19.5 Å². The highest BCUT2D eigenvalue weighted by Crippen LogP contribution is 2.44. The van der Waals surface area contributed by atoms with Gasteiger partial charge in [-0.05, 0) is 37.8 Å². The van der Waals surface area contributed by atoms with E-state index in [-0.39, 0.29) is 18.9 Å². The van der Waals surface area contributed by atoms with Crippen molar-refractivity contribution in [3.63, 3.8) is 0 Å². The Morgan fingerprint density at radius 1 is 1.21 bits per heavy atom. The Bertz CT molecular complexity index is 1250. The molecule has 1 aliphatic rings. The van der Waals surface area contributed by atoms with E-state index in [1.807, 2.05) is 24.5 Å². The Morgan fingerprint density at radius 2 is 2.00 bits per heavy atom. The van der Waals surface area contributed by atoms with E-state index in [4.69, 9.17) is 19.7 Å². The molecule has 2 heterocycles. The molecule has 4 rings (SSSR count). The van der Waals surface area contributed by atoms with Crippen LogP contribution in [0.2, 0.25) is 0 Å². The van der Waals surface area contributed by atoms with Crippen molar-refractivity contribution >= 4 is 36.4 Å². The maximum absolute atomic E-state index is 13.8. The summed E-state index contributed by atoms with van der Waals surface area (Å²) in [5.74, 6) is 0.723. The van der Waals surface area contributed by atoms with Crippen LogP contribution in [0.5, 0.6) is 5.75 Å². The van der Waals surface area contributed by atoms with Crippen molar-refractivity contribution < 1.29 is 23.4 Å². The molecular formula is C25H36N7O5P. The van der Waals surface area contributed by atoms with Crippen molar-refractivity contribution in [1.82, 2.24) is 24.6 Å². The maximum atomic E-state index is 13.8. The van der Waals surface area contributed by atoms with E-state index in [1.54, 1.807) is 30.6 Å². The fraction of sp³-hybridized carbons (Fsp3) is 0.520. The van der Waals surface area contributed by atoms with E-state index in [1.165, 1.54) is 0 Å². The van der Waals surface area contributed by atoms with Crippen LogP contribution in [0, 0.1) is 0 Å². The highest BCUT2D eigenvalue weighted by molar-refractivity contribution is 7.57. The molecule has 1 saturated carbocycles.